The molecule has 1 heterocycles. The predicted octanol–water partition coefficient (Wildman–Crippen LogP) is 3.47. The molecule has 0 bridgehead atoms. The highest BCUT2D eigenvalue weighted by molar-refractivity contribution is 6.09. The minimum absolute atomic E-state index is 0.0558. The number of ketones is 1. The highest BCUT2D eigenvalue weighted by Crippen LogP contribution is 2.15. The Morgan fingerprint density at radius 3 is 2.52 bits per heavy atom. The van der Waals surface area contributed by atoms with Gasteiger partial charge in [0.25, 0.3) is 0 Å². The number of hydrogen-bond donors (Lipinski definition) is 0. The van der Waals surface area contributed by atoms with E-state index in [9.17, 15) is 14.0 Å². The van der Waals surface area contributed by atoms with Crippen LogP contribution in [0.15, 0.2) is 57.9 Å². The highest BCUT2D eigenvalue weighted by Gasteiger charge is 2.16. The molecule has 0 fully saturated rings. The van der Waals surface area contributed by atoms with Gasteiger partial charge in [-0.25, -0.2) is 4.39 Å². The molecule has 0 unspecified atom stereocenters. The molecule has 104 valence electrons. The van der Waals surface area contributed by atoms with Crippen molar-refractivity contribution in [1.82, 2.24) is 0 Å². The van der Waals surface area contributed by atoms with Crippen LogP contribution in [0.1, 0.15) is 21.5 Å². The zero-order valence-corrected chi connectivity index (χ0v) is 11.2. The van der Waals surface area contributed by atoms with Gasteiger partial charge in [0.05, 0.1) is 5.39 Å². The fraction of sp³-hybridized carbons (Fsp3) is 0.0588. The molecule has 0 saturated heterocycles. The number of fused-ring (bicyclic) bond motifs is 1. The van der Waals surface area contributed by atoms with Gasteiger partial charge in [-0.05, 0) is 43.3 Å². The Morgan fingerprint density at radius 2 is 1.81 bits per heavy atom. The smallest absolute Gasteiger partial charge is 0.203 e. The zero-order valence-electron chi connectivity index (χ0n) is 11.2. The first kappa shape index (κ1) is 13.2. The summed E-state index contributed by atoms with van der Waals surface area (Å²) in [6.07, 6.45) is 1.16. The normalized spacial score (nSPS) is 10.8. The van der Waals surface area contributed by atoms with Crippen molar-refractivity contribution in [1.29, 1.82) is 0 Å². The Balaban J connectivity index is 2.16. The van der Waals surface area contributed by atoms with E-state index in [1.165, 1.54) is 24.3 Å². The Morgan fingerprint density at radius 1 is 1.10 bits per heavy atom. The van der Waals surface area contributed by atoms with E-state index in [2.05, 4.69) is 0 Å². The van der Waals surface area contributed by atoms with Crippen LogP contribution in [0, 0.1) is 12.7 Å². The molecule has 3 nitrogen and oxygen atoms in total. The van der Waals surface area contributed by atoms with Crippen molar-refractivity contribution in [2.24, 2.45) is 0 Å². The molecular formula is C17H11FO3. The van der Waals surface area contributed by atoms with E-state index in [-0.39, 0.29) is 16.6 Å². The lowest BCUT2D eigenvalue weighted by atomic mass is 10.0. The fourth-order valence-electron chi connectivity index (χ4n) is 2.16. The summed E-state index contributed by atoms with van der Waals surface area (Å²) in [6, 6.07) is 10.3. The van der Waals surface area contributed by atoms with E-state index in [4.69, 9.17) is 4.42 Å². The molecule has 3 aromatic rings. The number of halogens is 1. The quantitative estimate of drug-likeness (QED) is 0.676. The third-order valence-corrected chi connectivity index (χ3v) is 3.28. The molecule has 0 amide bonds. The second-order valence-electron chi connectivity index (χ2n) is 4.81. The van der Waals surface area contributed by atoms with Crippen LogP contribution in [-0.4, -0.2) is 5.78 Å². The summed E-state index contributed by atoms with van der Waals surface area (Å²) in [4.78, 5) is 24.7. The minimum atomic E-state index is -0.479. The number of hydrogen-bond acceptors (Lipinski definition) is 3. The van der Waals surface area contributed by atoms with Crippen LogP contribution in [-0.2, 0) is 0 Å². The van der Waals surface area contributed by atoms with Gasteiger partial charge in [0, 0.05) is 5.56 Å². The summed E-state index contributed by atoms with van der Waals surface area (Å²) in [5.41, 5.74) is 1.15. The molecule has 0 N–H and O–H groups in total. The molecule has 0 atom stereocenters. The van der Waals surface area contributed by atoms with Crippen LogP contribution in [0.3, 0.4) is 0 Å². The molecule has 0 aliphatic rings. The van der Waals surface area contributed by atoms with Crippen molar-refractivity contribution in [3.63, 3.8) is 0 Å². The van der Waals surface area contributed by atoms with E-state index in [0.717, 1.165) is 11.8 Å². The van der Waals surface area contributed by atoms with Gasteiger partial charge in [-0.15, -0.1) is 0 Å². The summed E-state index contributed by atoms with van der Waals surface area (Å²) in [6.45, 7) is 1.85. The van der Waals surface area contributed by atoms with Crippen molar-refractivity contribution in [3.8, 4) is 0 Å². The van der Waals surface area contributed by atoms with E-state index in [0.29, 0.717) is 11.0 Å². The SMILES string of the molecule is Cc1ccc2occ(C(=O)c3ccc(F)cc3)c(=O)c2c1. The topological polar surface area (TPSA) is 47.3 Å². The number of benzene rings is 2. The van der Waals surface area contributed by atoms with E-state index < -0.39 is 11.6 Å². The average molecular weight is 282 g/mol. The van der Waals surface area contributed by atoms with Crippen molar-refractivity contribution in [2.75, 3.05) is 0 Å². The second kappa shape index (κ2) is 4.98. The van der Waals surface area contributed by atoms with Gasteiger partial charge in [-0.2, -0.15) is 0 Å². The van der Waals surface area contributed by atoms with E-state index in [1.807, 2.05) is 13.0 Å². The first-order valence-corrected chi connectivity index (χ1v) is 6.39. The Kier molecular flexibility index (Phi) is 3.14. The highest BCUT2D eigenvalue weighted by atomic mass is 19.1. The third-order valence-electron chi connectivity index (χ3n) is 3.28. The number of aryl methyl sites for hydroxylation is 1. The Hall–Kier alpha value is -2.75. The first-order valence-electron chi connectivity index (χ1n) is 6.39. The van der Waals surface area contributed by atoms with Crippen LogP contribution in [0.4, 0.5) is 4.39 Å². The van der Waals surface area contributed by atoms with Crippen LogP contribution in [0.5, 0.6) is 0 Å². The van der Waals surface area contributed by atoms with Gasteiger partial charge in [-0.1, -0.05) is 11.6 Å². The number of carbonyl (C=O) groups excluding carboxylic acids is 1. The Bertz CT molecular complexity index is 892. The molecule has 0 radical (unpaired) electrons. The predicted molar refractivity (Wildman–Crippen MR) is 77.1 cm³/mol. The molecule has 0 aliphatic carbocycles. The van der Waals surface area contributed by atoms with Gasteiger partial charge in [-0.3, -0.25) is 9.59 Å². The van der Waals surface area contributed by atoms with Crippen molar-refractivity contribution >= 4 is 16.8 Å². The van der Waals surface area contributed by atoms with Crippen LogP contribution >= 0.6 is 0 Å². The lowest BCUT2D eigenvalue weighted by molar-refractivity contribution is 0.103. The maximum atomic E-state index is 12.9. The lowest BCUT2D eigenvalue weighted by Crippen LogP contribution is -2.15. The molecule has 1 aromatic heterocycles. The summed E-state index contributed by atoms with van der Waals surface area (Å²) in [7, 11) is 0. The summed E-state index contributed by atoms with van der Waals surface area (Å²) in [5.74, 6) is -0.917. The molecule has 0 aliphatic heterocycles. The van der Waals surface area contributed by atoms with Crippen molar-refractivity contribution in [3.05, 3.63) is 81.5 Å². The number of carbonyl (C=O) groups is 1. The van der Waals surface area contributed by atoms with Crippen molar-refractivity contribution < 1.29 is 13.6 Å². The molecule has 0 spiro atoms. The molecule has 21 heavy (non-hydrogen) atoms. The minimum Gasteiger partial charge on any atom is -0.463 e. The first-order chi connectivity index (χ1) is 10.1. The molecule has 2 aromatic carbocycles. The van der Waals surface area contributed by atoms with E-state index in [1.54, 1.807) is 12.1 Å². The van der Waals surface area contributed by atoms with Gasteiger partial charge < -0.3 is 4.42 Å². The summed E-state index contributed by atoms with van der Waals surface area (Å²) < 4.78 is 18.2. The van der Waals surface area contributed by atoms with Gasteiger partial charge in [0.2, 0.25) is 5.43 Å². The maximum Gasteiger partial charge on any atom is 0.203 e. The van der Waals surface area contributed by atoms with Gasteiger partial charge in [0.15, 0.2) is 5.78 Å². The van der Waals surface area contributed by atoms with Gasteiger partial charge >= 0.3 is 0 Å². The van der Waals surface area contributed by atoms with Crippen LogP contribution < -0.4 is 5.43 Å². The summed E-state index contributed by atoms with van der Waals surface area (Å²) >= 11 is 0. The maximum absolute atomic E-state index is 12.9. The third kappa shape index (κ3) is 2.36. The largest absolute Gasteiger partial charge is 0.463 e. The molecular weight excluding hydrogens is 271 g/mol. The molecule has 3 rings (SSSR count). The van der Waals surface area contributed by atoms with Gasteiger partial charge in [0.1, 0.15) is 23.2 Å². The Labute approximate surface area is 119 Å². The fourth-order valence-corrected chi connectivity index (χ4v) is 2.16. The van der Waals surface area contributed by atoms with Crippen LogP contribution in [0.25, 0.3) is 11.0 Å². The second-order valence-corrected chi connectivity index (χ2v) is 4.81. The molecule has 4 heteroatoms. The number of rotatable bonds is 2. The van der Waals surface area contributed by atoms with Crippen LogP contribution in [0.2, 0.25) is 0 Å². The van der Waals surface area contributed by atoms with Crippen molar-refractivity contribution in [2.45, 2.75) is 6.92 Å². The lowest BCUT2D eigenvalue weighted by Gasteiger charge is -2.03. The molecule has 0 saturated carbocycles. The zero-order chi connectivity index (χ0) is 15.0. The standard InChI is InChI=1S/C17H11FO3/c1-10-2-7-15-13(8-10)17(20)14(9-21-15)16(19)11-3-5-12(18)6-4-11/h2-9H,1H3. The van der Waals surface area contributed by atoms with E-state index >= 15 is 0 Å². The monoisotopic (exact) mass is 282 g/mol. The average Bonchev–Trinajstić information content (AvgIpc) is 2.48. The summed E-state index contributed by atoms with van der Waals surface area (Å²) in [5, 5.41) is 0.364.